The first-order chi connectivity index (χ1) is 9.93. The van der Waals surface area contributed by atoms with Gasteiger partial charge in [-0.15, -0.1) is 0 Å². The van der Waals surface area contributed by atoms with Gasteiger partial charge in [0, 0.05) is 12.6 Å². The maximum absolute atomic E-state index is 2.66. The molecule has 0 aliphatic carbocycles. The molecule has 0 radical (unpaired) electrons. The molecule has 1 heteroatoms. The van der Waals surface area contributed by atoms with Crippen LogP contribution in [0.5, 0.6) is 0 Å². The Balaban J connectivity index is 1.81. The Morgan fingerprint density at radius 2 is 1.50 bits per heavy atom. The minimum Gasteiger partial charge on any atom is -0.292 e. The number of hydrogen-bond donors (Lipinski definition) is 0. The van der Waals surface area contributed by atoms with E-state index < -0.39 is 0 Å². The van der Waals surface area contributed by atoms with Crippen molar-refractivity contribution >= 4 is 0 Å². The first kappa shape index (κ1) is 13.4. The van der Waals surface area contributed by atoms with Crippen LogP contribution in [0.1, 0.15) is 42.9 Å². The molecule has 1 saturated heterocycles. The van der Waals surface area contributed by atoms with Gasteiger partial charge >= 0.3 is 0 Å². The zero-order valence-electron chi connectivity index (χ0n) is 12.0. The van der Waals surface area contributed by atoms with Crippen molar-refractivity contribution in [1.29, 1.82) is 0 Å². The summed E-state index contributed by atoms with van der Waals surface area (Å²) in [4.78, 5) is 2.66. The first-order valence-electron chi connectivity index (χ1n) is 7.76. The van der Waals surface area contributed by atoms with Gasteiger partial charge in [-0.3, -0.25) is 4.90 Å². The maximum atomic E-state index is 2.66. The van der Waals surface area contributed by atoms with E-state index in [1.165, 1.54) is 43.4 Å². The quantitative estimate of drug-likeness (QED) is 0.770. The average molecular weight is 265 g/mol. The first-order valence-corrected chi connectivity index (χ1v) is 7.76. The average Bonchev–Trinajstić information content (AvgIpc) is 2.75. The highest BCUT2D eigenvalue weighted by Gasteiger charge is 2.22. The van der Waals surface area contributed by atoms with Gasteiger partial charge in [0.05, 0.1) is 0 Å². The van der Waals surface area contributed by atoms with Gasteiger partial charge < -0.3 is 0 Å². The van der Waals surface area contributed by atoms with E-state index >= 15 is 0 Å². The van der Waals surface area contributed by atoms with Crippen LogP contribution in [0.2, 0.25) is 0 Å². The number of likely N-dealkylation sites (tertiary alicyclic amines) is 1. The number of rotatable bonds is 3. The van der Waals surface area contributed by atoms with E-state index in [2.05, 4.69) is 65.6 Å². The predicted octanol–water partition coefficient (Wildman–Crippen LogP) is 4.80. The summed E-state index contributed by atoms with van der Waals surface area (Å²) in [6.07, 6.45) is 5.34. The van der Waals surface area contributed by atoms with E-state index in [9.17, 15) is 0 Å². The van der Waals surface area contributed by atoms with Crippen molar-refractivity contribution in [2.75, 3.05) is 6.54 Å². The van der Waals surface area contributed by atoms with Gasteiger partial charge in [-0.1, -0.05) is 73.5 Å². The van der Waals surface area contributed by atoms with Gasteiger partial charge in [0.25, 0.3) is 0 Å². The van der Waals surface area contributed by atoms with Crippen LogP contribution in [-0.2, 0) is 6.54 Å². The predicted molar refractivity (Wildman–Crippen MR) is 84.5 cm³/mol. The second-order valence-corrected chi connectivity index (χ2v) is 5.73. The molecule has 20 heavy (non-hydrogen) atoms. The standard InChI is InChI=1S/C19H23N/c1-4-10-17(11-5-1)16-20-15-9-3-8-14-19(20)18-12-6-2-7-13-18/h1-2,4-7,10-13,19H,3,8-9,14-16H2. The van der Waals surface area contributed by atoms with Crippen molar-refractivity contribution in [1.82, 2.24) is 4.90 Å². The lowest BCUT2D eigenvalue weighted by Crippen LogP contribution is -2.28. The van der Waals surface area contributed by atoms with E-state index in [0.29, 0.717) is 6.04 Å². The molecule has 1 nitrogen and oxygen atoms in total. The fourth-order valence-corrected chi connectivity index (χ4v) is 3.23. The second kappa shape index (κ2) is 6.71. The van der Waals surface area contributed by atoms with Gasteiger partial charge in [-0.2, -0.15) is 0 Å². The summed E-state index contributed by atoms with van der Waals surface area (Å²) in [5, 5.41) is 0. The summed E-state index contributed by atoms with van der Waals surface area (Å²) in [6.45, 7) is 2.29. The van der Waals surface area contributed by atoms with Crippen LogP contribution < -0.4 is 0 Å². The molecule has 1 unspecified atom stereocenters. The number of benzene rings is 2. The maximum Gasteiger partial charge on any atom is 0.0351 e. The monoisotopic (exact) mass is 265 g/mol. The molecule has 0 bridgehead atoms. The molecule has 0 amide bonds. The molecule has 1 aliphatic heterocycles. The molecule has 0 saturated carbocycles. The van der Waals surface area contributed by atoms with Crippen molar-refractivity contribution in [2.45, 2.75) is 38.3 Å². The lowest BCUT2D eigenvalue weighted by molar-refractivity contribution is 0.192. The molecular formula is C19H23N. The summed E-state index contributed by atoms with van der Waals surface area (Å²) in [7, 11) is 0. The fraction of sp³-hybridized carbons (Fsp3) is 0.368. The molecular weight excluding hydrogens is 242 g/mol. The van der Waals surface area contributed by atoms with E-state index in [1.807, 2.05) is 0 Å². The zero-order chi connectivity index (χ0) is 13.6. The molecule has 1 fully saturated rings. The van der Waals surface area contributed by atoms with Crippen LogP contribution in [0.4, 0.5) is 0 Å². The van der Waals surface area contributed by atoms with E-state index in [1.54, 1.807) is 0 Å². The van der Waals surface area contributed by atoms with Crippen molar-refractivity contribution in [3.8, 4) is 0 Å². The van der Waals surface area contributed by atoms with Crippen LogP contribution in [0.3, 0.4) is 0 Å². The molecule has 1 aliphatic rings. The highest BCUT2D eigenvalue weighted by Crippen LogP contribution is 2.31. The number of hydrogen-bond acceptors (Lipinski definition) is 1. The Bertz CT molecular complexity index is 506. The van der Waals surface area contributed by atoms with Crippen LogP contribution in [0.25, 0.3) is 0 Å². The summed E-state index contributed by atoms with van der Waals surface area (Å²) >= 11 is 0. The summed E-state index contributed by atoms with van der Waals surface area (Å²) < 4.78 is 0. The van der Waals surface area contributed by atoms with Crippen LogP contribution >= 0.6 is 0 Å². The van der Waals surface area contributed by atoms with Crippen molar-refractivity contribution in [3.05, 3.63) is 71.8 Å². The van der Waals surface area contributed by atoms with Crippen LogP contribution in [0.15, 0.2) is 60.7 Å². The molecule has 0 spiro atoms. The summed E-state index contributed by atoms with van der Waals surface area (Å²) in [5.74, 6) is 0. The van der Waals surface area contributed by atoms with E-state index in [4.69, 9.17) is 0 Å². The Hall–Kier alpha value is -1.60. The molecule has 104 valence electrons. The van der Waals surface area contributed by atoms with E-state index in [0.717, 1.165) is 6.54 Å². The highest BCUT2D eigenvalue weighted by atomic mass is 15.2. The molecule has 1 atom stereocenters. The number of nitrogens with zero attached hydrogens (tertiary/aromatic N) is 1. The molecule has 1 heterocycles. The molecule has 3 rings (SSSR count). The fourth-order valence-electron chi connectivity index (χ4n) is 3.23. The largest absolute Gasteiger partial charge is 0.292 e. The Morgan fingerprint density at radius 3 is 2.25 bits per heavy atom. The van der Waals surface area contributed by atoms with Crippen molar-refractivity contribution in [2.24, 2.45) is 0 Å². The third kappa shape index (κ3) is 3.29. The smallest absolute Gasteiger partial charge is 0.0351 e. The molecule has 0 N–H and O–H groups in total. The molecule has 2 aromatic carbocycles. The Labute approximate surface area is 122 Å². The lowest BCUT2D eigenvalue weighted by atomic mass is 10.0. The minimum absolute atomic E-state index is 0.582. The second-order valence-electron chi connectivity index (χ2n) is 5.73. The Kier molecular flexibility index (Phi) is 4.49. The van der Waals surface area contributed by atoms with Gasteiger partial charge in [0.1, 0.15) is 0 Å². The zero-order valence-corrected chi connectivity index (χ0v) is 12.0. The van der Waals surface area contributed by atoms with Crippen molar-refractivity contribution < 1.29 is 0 Å². The normalized spacial score (nSPS) is 20.5. The molecule has 2 aromatic rings. The van der Waals surface area contributed by atoms with Gasteiger partial charge in [-0.25, -0.2) is 0 Å². The molecule has 0 aromatic heterocycles. The van der Waals surface area contributed by atoms with Crippen LogP contribution in [-0.4, -0.2) is 11.4 Å². The van der Waals surface area contributed by atoms with E-state index in [-0.39, 0.29) is 0 Å². The highest BCUT2D eigenvalue weighted by molar-refractivity contribution is 5.20. The third-order valence-electron chi connectivity index (χ3n) is 4.28. The van der Waals surface area contributed by atoms with Gasteiger partial charge in [0.15, 0.2) is 0 Å². The van der Waals surface area contributed by atoms with Crippen molar-refractivity contribution in [3.63, 3.8) is 0 Å². The SMILES string of the molecule is c1ccc(CN2CCCCCC2c2ccccc2)cc1. The minimum atomic E-state index is 0.582. The van der Waals surface area contributed by atoms with Gasteiger partial charge in [-0.05, 0) is 30.5 Å². The lowest BCUT2D eigenvalue weighted by Gasteiger charge is -2.30. The third-order valence-corrected chi connectivity index (χ3v) is 4.28. The summed E-state index contributed by atoms with van der Waals surface area (Å²) in [5.41, 5.74) is 2.90. The topological polar surface area (TPSA) is 3.24 Å². The Morgan fingerprint density at radius 1 is 0.800 bits per heavy atom. The summed E-state index contributed by atoms with van der Waals surface area (Å²) in [6, 6.07) is 22.5. The van der Waals surface area contributed by atoms with Gasteiger partial charge in [0.2, 0.25) is 0 Å². The van der Waals surface area contributed by atoms with Crippen LogP contribution in [0, 0.1) is 0 Å².